The molecule has 4 amide bonds. The van der Waals surface area contributed by atoms with Crippen molar-refractivity contribution < 1.29 is 27.9 Å². The molecule has 0 spiro atoms. The summed E-state index contributed by atoms with van der Waals surface area (Å²) in [6.45, 7) is 1.59. The first-order valence-corrected chi connectivity index (χ1v) is 10.4. The molecule has 33 heavy (non-hydrogen) atoms. The number of hydrogen-bond donors (Lipinski definition) is 2. The van der Waals surface area contributed by atoms with Gasteiger partial charge in [0.2, 0.25) is 11.7 Å². The Morgan fingerprint density at radius 2 is 1.97 bits per heavy atom. The van der Waals surface area contributed by atoms with E-state index in [0.717, 1.165) is 6.07 Å². The van der Waals surface area contributed by atoms with Gasteiger partial charge in [0.25, 0.3) is 5.91 Å². The summed E-state index contributed by atoms with van der Waals surface area (Å²) in [5.74, 6) is -2.91. The monoisotopic (exact) mass is 459 g/mol. The first-order valence-electron chi connectivity index (χ1n) is 10.4. The number of nitrogens with zero attached hydrogens (tertiary/aromatic N) is 3. The zero-order valence-corrected chi connectivity index (χ0v) is 17.9. The van der Waals surface area contributed by atoms with Gasteiger partial charge in [-0.3, -0.25) is 19.9 Å². The molecule has 174 valence electrons. The van der Waals surface area contributed by atoms with Crippen molar-refractivity contribution in [2.75, 3.05) is 38.2 Å². The predicted octanol–water partition coefficient (Wildman–Crippen LogP) is 1.53. The Hall–Kier alpha value is -3.76. The van der Waals surface area contributed by atoms with E-state index in [1.54, 1.807) is 23.2 Å². The van der Waals surface area contributed by atoms with Gasteiger partial charge < -0.3 is 19.9 Å². The molecule has 2 fully saturated rings. The number of hydrogen-bond acceptors (Lipinski definition) is 6. The SMILES string of the molecule is COc1cc(N2CCN(C(=O)CCC3(c4cccnc4)NC(=O)NC3=O)CC2)cc(F)c1F. The molecule has 11 heteroatoms. The van der Waals surface area contributed by atoms with E-state index in [9.17, 15) is 23.2 Å². The number of benzene rings is 1. The van der Waals surface area contributed by atoms with Gasteiger partial charge in [-0.1, -0.05) is 6.07 Å². The lowest BCUT2D eigenvalue weighted by Gasteiger charge is -2.37. The number of imide groups is 1. The number of pyridine rings is 1. The van der Waals surface area contributed by atoms with E-state index in [0.29, 0.717) is 37.4 Å². The van der Waals surface area contributed by atoms with Crippen molar-refractivity contribution >= 4 is 23.5 Å². The Labute approximate surface area is 188 Å². The molecule has 4 rings (SSSR count). The summed E-state index contributed by atoms with van der Waals surface area (Å²) in [5, 5.41) is 4.88. The fourth-order valence-corrected chi connectivity index (χ4v) is 4.18. The molecular formula is C22H23F2N5O4. The number of ether oxygens (including phenoxy) is 1. The second-order valence-corrected chi connectivity index (χ2v) is 7.87. The molecule has 9 nitrogen and oxygen atoms in total. The lowest BCUT2D eigenvalue weighted by molar-refractivity contribution is -0.132. The molecule has 0 radical (unpaired) electrons. The average Bonchev–Trinajstić information content (AvgIpc) is 3.13. The summed E-state index contributed by atoms with van der Waals surface area (Å²) < 4.78 is 32.4. The van der Waals surface area contributed by atoms with E-state index in [-0.39, 0.29) is 24.5 Å². The zero-order chi connectivity index (χ0) is 23.6. The molecule has 1 atom stereocenters. The van der Waals surface area contributed by atoms with Gasteiger partial charge in [-0.05, 0) is 12.5 Å². The van der Waals surface area contributed by atoms with Crippen LogP contribution in [0.5, 0.6) is 5.75 Å². The van der Waals surface area contributed by atoms with Crippen LogP contribution < -0.4 is 20.3 Å². The average molecular weight is 459 g/mol. The molecular weight excluding hydrogens is 436 g/mol. The van der Waals surface area contributed by atoms with Gasteiger partial charge >= 0.3 is 6.03 Å². The summed E-state index contributed by atoms with van der Waals surface area (Å²) >= 11 is 0. The highest BCUT2D eigenvalue weighted by Crippen LogP contribution is 2.31. The first-order chi connectivity index (χ1) is 15.8. The van der Waals surface area contributed by atoms with Crippen molar-refractivity contribution in [2.45, 2.75) is 18.4 Å². The van der Waals surface area contributed by atoms with E-state index in [2.05, 4.69) is 15.6 Å². The van der Waals surface area contributed by atoms with Gasteiger partial charge in [-0.25, -0.2) is 9.18 Å². The minimum absolute atomic E-state index is 0.0294. The fraction of sp³-hybridized carbons (Fsp3) is 0.364. The molecule has 2 aromatic rings. The van der Waals surface area contributed by atoms with Crippen LogP contribution in [0.4, 0.5) is 19.3 Å². The molecule has 2 saturated heterocycles. The minimum atomic E-state index is -1.36. The van der Waals surface area contributed by atoms with Gasteiger partial charge in [0.05, 0.1) is 7.11 Å². The molecule has 1 aromatic heterocycles. The molecule has 2 aliphatic heterocycles. The molecule has 0 bridgehead atoms. The molecule has 3 heterocycles. The Morgan fingerprint density at radius 1 is 1.21 bits per heavy atom. The van der Waals surface area contributed by atoms with Crippen LogP contribution in [-0.2, 0) is 15.1 Å². The molecule has 2 N–H and O–H groups in total. The molecule has 0 aliphatic carbocycles. The van der Waals surface area contributed by atoms with Crippen molar-refractivity contribution in [3.05, 3.63) is 53.9 Å². The van der Waals surface area contributed by atoms with E-state index in [4.69, 9.17) is 4.74 Å². The highest BCUT2D eigenvalue weighted by molar-refractivity contribution is 6.07. The summed E-state index contributed by atoms with van der Waals surface area (Å²) in [7, 11) is 1.27. The largest absolute Gasteiger partial charge is 0.493 e. The van der Waals surface area contributed by atoms with E-state index in [1.807, 2.05) is 4.90 Å². The van der Waals surface area contributed by atoms with Gasteiger partial charge in [0, 0.05) is 68.4 Å². The Kier molecular flexibility index (Phi) is 6.12. The van der Waals surface area contributed by atoms with Crippen LogP contribution in [0.15, 0.2) is 36.7 Å². The Bertz CT molecular complexity index is 1080. The summed E-state index contributed by atoms with van der Waals surface area (Å²) in [5.41, 5.74) is -0.387. The number of nitrogens with one attached hydrogen (secondary N) is 2. The van der Waals surface area contributed by atoms with Crippen molar-refractivity contribution in [3.63, 3.8) is 0 Å². The van der Waals surface area contributed by atoms with Crippen LogP contribution in [0.1, 0.15) is 18.4 Å². The van der Waals surface area contributed by atoms with Crippen molar-refractivity contribution in [3.8, 4) is 5.75 Å². The van der Waals surface area contributed by atoms with Crippen LogP contribution in [0.3, 0.4) is 0 Å². The Morgan fingerprint density at radius 3 is 2.58 bits per heavy atom. The van der Waals surface area contributed by atoms with Gasteiger partial charge in [-0.15, -0.1) is 0 Å². The number of urea groups is 1. The fourth-order valence-electron chi connectivity index (χ4n) is 4.18. The highest BCUT2D eigenvalue weighted by atomic mass is 19.2. The van der Waals surface area contributed by atoms with Crippen molar-refractivity contribution in [1.82, 2.24) is 20.5 Å². The number of carbonyl (C=O) groups is 3. The maximum absolute atomic E-state index is 13.9. The Balaban J connectivity index is 1.40. The molecule has 2 aliphatic rings. The number of piperazine rings is 1. The molecule has 1 unspecified atom stereocenters. The zero-order valence-electron chi connectivity index (χ0n) is 17.9. The van der Waals surface area contributed by atoms with Gasteiger partial charge in [0.15, 0.2) is 11.6 Å². The number of rotatable bonds is 6. The maximum Gasteiger partial charge on any atom is 0.322 e. The van der Waals surface area contributed by atoms with Crippen LogP contribution in [0, 0.1) is 11.6 Å². The third-order valence-electron chi connectivity index (χ3n) is 6.01. The number of anilines is 1. The van der Waals surface area contributed by atoms with Crippen molar-refractivity contribution in [1.29, 1.82) is 0 Å². The second-order valence-electron chi connectivity index (χ2n) is 7.87. The smallest absolute Gasteiger partial charge is 0.322 e. The molecule has 0 saturated carbocycles. The van der Waals surface area contributed by atoms with Crippen LogP contribution >= 0.6 is 0 Å². The van der Waals surface area contributed by atoms with Gasteiger partial charge in [0.1, 0.15) is 5.54 Å². The van der Waals surface area contributed by atoms with Crippen molar-refractivity contribution in [2.24, 2.45) is 0 Å². The highest BCUT2D eigenvalue weighted by Gasteiger charge is 2.48. The first kappa shape index (κ1) is 22.4. The summed E-state index contributed by atoms with van der Waals surface area (Å²) in [4.78, 5) is 44.8. The van der Waals surface area contributed by atoms with E-state index in [1.165, 1.54) is 19.4 Å². The minimum Gasteiger partial charge on any atom is -0.493 e. The number of methoxy groups -OCH3 is 1. The van der Waals surface area contributed by atoms with Crippen LogP contribution in [0.25, 0.3) is 0 Å². The number of amides is 4. The second kappa shape index (κ2) is 9.00. The van der Waals surface area contributed by atoms with E-state index < -0.39 is 29.1 Å². The predicted molar refractivity (Wildman–Crippen MR) is 114 cm³/mol. The quantitative estimate of drug-likeness (QED) is 0.635. The molecule has 1 aromatic carbocycles. The third kappa shape index (κ3) is 4.30. The standard InChI is InChI=1S/C22H23F2N5O4/c1-33-17-12-15(11-16(23)19(17)24)28-7-9-29(10-8-28)18(30)4-5-22(14-3-2-6-25-13-14)20(31)26-21(32)27-22/h2-3,6,11-13H,4-5,7-10H2,1H3,(H2,26,27,31,32). The lowest BCUT2D eigenvalue weighted by Crippen LogP contribution is -2.50. The topological polar surface area (TPSA) is 104 Å². The number of aromatic nitrogens is 1. The summed E-state index contributed by atoms with van der Waals surface area (Å²) in [6, 6.07) is 5.25. The normalized spacial score (nSPS) is 20.5. The lowest BCUT2D eigenvalue weighted by atomic mass is 9.86. The van der Waals surface area contributed by atoms with Crippen LogP contribution in [0.2, 0.25) is 0 Å². The van der Waals surface area contributed by atoms with E-state index >= 15 is 0 Å². The third-order valence-corrected chi connectivity index (χ3v) is 6.01. The van der Waals surface area contributed by atoms with Crippen LogP contribution in [-0.4, -0.2) is 61.0 Å². The number of carbonyl (C=O) groups excluding carboxylic acids is 3. The maximum atomic E-state index is 13.9. The van der Waals surface area contributed by atoms with Gasteiger partial charge in [-0.2, -0.15) is 4.39 Å². The summed E-state index contributed by atoms with van der Waals surface area (Å²) in [6.07, 6.45) is 3.15. The number of halogens is 2.